The Morgan fingerprint density at radius 3 is 2.89 bits per heavy atom. The van der Waals surface area contributed by atoms with Gasteiger partial charge >= 0.3 is 0 Å². The first-order valence-electron chi connectivity index (χ1n) is 5.29. The highest BCUT2D eigenvalue weighted by atomic mass is 35.5. The highest BCUT2D eigenvalue weighted by Gasteiger charge is 2.31. The van der Waals surface area contributed by atoms with Gasteiger partial charge in [0, 0.05) is 6.54 Å². The van der Waals surface area contributed by atoms with E-state index in [0.717, 1.165) is 18.2 Å². The van der Waals surface area contributed by atoms with Gasteiger partial charge in [0.15, 0.2) is 0 Å². The lowest BCUT2D eigenvalue weighted by Crippen LogP contribution is -2.46. The number of rotatable bonds is 3. The first kappa shape index (κ1) is 14.2. The van der Waals surface area contributed by atoms with Crippen LogP contribution in [0.5, 0.6) is 0 Å². The van der Waals surface area contributed by atoms with Crippen LogP contribution in [0.2, 0.25) is 5.02 Å². The van der Waals surface area contributed by atoms with E-state index in [2.05, 4.69) is 15.6 Å². The first-order chi connectivity index (χ1) is 8.94. The molecule has 2 rings (SSSR count). The maximum absolute atomic E-state index is 12.9. The van der Waals surface area contributed by atoms with Crippen molar-refractivity contribution in [1.82, 2.24) is 15.6 Å². The average Bonchev–Trinajstić information content (AvgIpc) is 2.74. The molecule has 0 bridgehead atoms. The molecular formula is C10H10ClFN4O2S. The van der Waals surface area contributed by atoms with Gasteiger partial charge in [-0.1, -0.05) is 11.6 Å². The van der Waals surface area contributed by atoms with Crippen LogP contribution in [-0.4, -0.2) is 21.1 Å². The molecule has 1 aromatic rings. The number of nitriles is 1. The summed E-state index contributed by atoms with van der Waals surface area (Å²) in [5, 5.41) is 8.64. The monoisotopic (exact) mass is 304 g/mol. The Morgan fingerprint density at radius 1 is 1.53 bits per heavy atom. The van der Waals surface area contributed by atoms with Crippen LogP contribution in [0.4, 0.5) is 4.39 Å². The average molecular weight is 305 g/mol. The van der Waals surface area contributed by atoms with Crippen LogP contribution in [0, 0.1) is 23.1 Å². The number of nitrogens with one attached hydrogen (secondary N) is 3. The summed E-state index contributed by atoms with van der Waals surface area (Å²) < 4.78 is 39.4. The molecule has 0 aromatic heterocycles. The normalized spacial score (nSPS) is 23.2. The Bertz CT molecular complexity index is 631. The molecule has 102 valence electrons. The maximum Gasteiger partial charge on any atom is 0.243 e. The van der Waals surface area contributed by atoms with Gasteiger partial charge in [0.05, 0.1) is 17.0 Å². The molecule has 1 saturated heterocycles. The van der Waals surface area contributed by atoms with Crippen LogP contribution in [0.3, 0.4) is 0 Å². The number of nitrogens with zero attached hydrogens (tertiary/aromatic N) is 1. The third kappa shape index (κ3) is 3.02. The lowest BCUT2D eigenvalue weighted by atomic mass is 10.1. The second-order valence-electron chi connectivity index (χ2n) is 3.93. The first-order valence-corrected chi connectivity index (χ1v) is 7.15. The molecule has 3 N–H and O–H groups in total. The number of hydrazine groups is 1. The molecule has 1 aromatic carbocycles. The van der Waals surface area contributed by atoms with E-state index in [4.69, 9.17) is 16.9 Å². The molecule has 1 aliphatic heterocycles. The standard InChI is InChI=1S/C10H10ClFN4O2S/c11-8-3-7(12)1-2-9(8)19(17,18)16-10-6(4-13)5-14-15-10/h1-3,6,10,14-16H,5H2. The Labute approximate surface area is 114 Å². The second-order valence-corrected chi connectivity index (χ2v) is 6.02. The predicted molar refractivity (Wildman–Crippen MR) is 65.8 cm³/mol. The fraction of sp³-hybridized carbons (Fsp3) is 0.300. The molecule has 0 saturated carbocycles. The largest absolute Gasteiger partial charge is 0.255 e. The minimum atomic E-state index is -3.94. The van der Waals surface area contributed by atoms with E-state index < -0.39 is 27.9 Å². The quantitative estimate of drug-likeness (QED) is 0.748. The molecule has 1 fully saturated rings. The molecule has 0 spiro atoms. The Balaban J connectivity index is 2.26. The van der Waals surface area contributed by atoms with E-state index in [9.17, 15) is 12.8 Å². The van der Waals surface area contributed by atoms with Crippen LogP contribution < -0.4 is 15.6 Å². The van der Waals surface area contributed by atoms with Gasteiger partial charge in [0.25, 0.3) is 0 Å². The zero-order valence-electron chi connectivity index (χ0n) is 9.52. The molecule has 19 heavy (non-hydrogen) atoms. The second kappa shape index (κ2) is 5.40. The van der Waals surface area contributed by atoms with Crippen LogP contribution in [-0.2, 0) is 10.0 Å². The van der Waals surface area contributed by atoms with Crippen molar-refractivity contribution >= 4 is 21.6 Å². The summed E-state index contributed by atoms with van der Waals surface area (Å²) in [5.41, 5.74) is 5.31. The number of benzene rings is 1. The molecule has 2 unspecified atom stereocenters. The van der Waals surface area contributed by atoms with Crippen molar-refractivity contribution in [3.8, 4) is 6.07 Å². The fourth-order valence-corrected chi connectivity index (χ4v) is 3.37. The minimum Gasteiger partial charge on any atom is -0.255 e. The molecule has 1 aliphatic rings. The van der Waals surface area contributed by atoms with E-state index in [1.165, 1.54) is 0 Å². The zero-order chi connectivity index (χ0) is 14.0. The number of hydrogen-bond donors (Lipinski definition) is 3. The third-order valence-electron chi connectivity index (χ3n) is 2.61. The fourth-order valence-electron chi connectivity index (χ4n) is 1.65. The topological polar surface area (TPSA) is 94.0 Å². The van der Waals surface area contributed by atoms with Crippen LogP contribution in [0.25, 0.3) is 0 Å². The van der Waals surface area contributed by atoms with Crippen molar-refractivity contribution in [2.75, 3.05) is 6.54 Å². The SMILES string of the molecule is N#CC1CNNC1NS(=O)(=O)c1ccc(F)cc1Cl. The van der Waals surface area contributed by atoms with E-state index in [-0.39, 0.29) is 9.92 Å². The van der Waals surface area contributed by atoms with E-state index in [1.54, 1.807) is 0 Å². The van der Waals surface area contributed by atoms with Crippen LogP contribution >= 0.6 is 11.6 Å². The maximum atomic E-state index is 12.9. The predicted octanol–water partition coefficient (Wildman–Crippen LogP) is 0.331. The van der Waals surface area contributed by atoms with Gasteiger partial charge in [-0.25, -0.2) is 18.2 Å². The van der Waals surface area contributed by atoms with Crippen molar-refractivity contribution in [3.63, 3.8) is 0 Å². The van der Waals surface area contributed by atoms with Gasteiger partial charge in [-0.2, -0.15) is 9.98 Å². The molecule has 9 heteroatoms. The van der Waals surface area contributed by atoms with Crippen LogP contribution in [0.1, 0.15) is 0 Å². The summed E-state index contributed by atoms with van der Waals surface area (Å²) in [6.45, 7) is 0.320. The summed E-state index contributed by atoms with van der Waals surface area (Å²) in [6.07, 6.45) is -0.767. The summed E-state index contributed by atoms with van der Waals surface area (Å²) >= 11 is 5.71. The highest BCUT2D eigenvalue weighted by molar-refractivity contribution is 7.89. The van der Waals surface area contributed by atoms with Gasteiger partial charge in [0.2, 0.25) is 10.0 Å². The molecule has 0 aliphatic carbocycles. The number of halogens is 2. The molecule has 0 radical (unpaired) electrons. The molecule has 2 atom stereocenters. The third-order valence-corrected chi connectivity index (χ3v) is 4.54. The Morgan fingerprint density at radius 2 is 2.26 bits per heavy atom. The zero-order valence-corrected chi connectivity index (χ0v) is 11.1. The van der Waals surface area contributed by atoms with E-state index in [0.29, 0.717) is 6.54 Å². The summed E-state index contributed by atoms with van der Waals surface area (Å²) in [5.74, 6) is -1.17. The van der Waals surface area contributed by atoms with Gasteiger partial charge in [-0.3, -0.25) is 5.43 Å². The van der Waals surface area contributed by atoms with Crippen LogP contribution in [0.15, 0.2) is 23.1 Å². The molecular weight excluding hydrogens is 295 g/mol. The van der Waals surface area contributed by atoms with E-state index >= 15 is 0 Å². The molecule has 0 amide bonds. The lowest BCUT2D eigenvalue weighted by molar-refractivity contribution is 0.477. The number of hydrogen-bond acceptors (Lipinski definition) is 5. The van der Waals surface area contributed by atoms with Gasteiger partial charge in [-0.05, 0) is 18.2 Å². The van der Waals surface area contributed by atoms with Crippen molar-refractivity contribution < 1.29 is 12.8 Å². The summed E-state index contributed by atoms with van der Waals surface area (Å²) in [7, 11) is -3.94. The molecule has 1 heterocycles. The number of sulfonamides is 1. The Hall–Kier alpha value is -1.24. The minimum absolute atomic E-state index is 0.216. The van der Waals surface area contributed by atoms with Gasteiger partial charge in [0.1, 0.15) is 16.9 Å². The van der Waals surface area contributed by atoms with Gasteiger partial charge in [-0.15, -0.1) is 0 Å². The smallest absolute Gasteiger partial charge is 0.243 e. The highest BCUT2D eigenvalue weighted by Crippen LogP contribution is 2.22. The van der Waals surface area contributed by atoms with Crippen molar-refractivity contribution in [2.24, 2.45) is 5.92 Å². The van der Waals surface area contributed by atoms with E-state index in [1.807, 2.05) is 6.07 Å². The Kier molecular flexibility index (Phi) is 4.03. The van der Waals surface area contributed by atoms with Crippen molar-refractivity contribution in [2.45, 2.75) is 11.1 Å². The van der Waals surface area contributed by atoms with Gasteiger partial charge < -0.3 is 0 Å². The summed E-state index contributed by atoms with van der Waals surface area (Å²) in [6, 6.07) is 4.96. The lowest BCUT2D eigenvalue weighted by Gasteiger charge is -2.15. The summed E-state index contributed by atoms with van der Waals surface area (Å²) in [4.78, 5) is -0.235. The molecule has 6 nitrogen and oxygen atoms in total. The van der Waals surface area contributed by atoms with Crippen molar-refractivity contribution in [1.29, 1.82) is 5.26 Å². The van der Waals surface area contributed by atoms with Crippen molar-refractivity contribution in [3.05, 3.63) is 29.0 Å².